The van der Waals surface area contributed by atoms with Crippen molar-refractivity contribution in [1.82, 2.24) is 24.5 Å². The molecule has 8 nitrogen and oxygen atoms in total. The number of hydrogen-bond donors (Lipinski definition) is 2. The zero-order chi connectivity index (χ0) is 22.1. The van der Waals surface area contributed by atoms with Crippen molar-refractivity contribution in [2.24, 2.45) is 0 Å². The minimum atomic E-state index is -1.02. The molecule has 0 bridgehead atoms. The fourth-order valence-corrected chi connectivity index (χ4v) is 5.25. The minimum absolute atomic E-state index is 0.379. The van der Waals surface area contributed by atoms with Crippen molar-refractivity contribution >= 4 is 51.1 Å². The molecule has 3 heterocycles. The molecule has 1 aromatic carbocycles. The lowest BCUT2D eigenvalue weighted by Gasteiger charge is -2.21. The van der Waals surface area contributed by atoms with Crippen molar-refractivity contribution in [3.05, 3.63) is 41.0 Å². The summed E-state index contributed by atoms with van der Waals surface area (Å²) in [4.78, 5) is 19.9. The lowest BCUT2D eigenvalue weighted by atomic mass is 9.88. The Morgan fingerprint density at radius 1 is 1.09 bits per heavy atom. The van der Waals surface area contributed by atoms with Crippen LogP contribution in [-0.2, 0) is 11.2 Å². The number of imidazole rings is 1. The van der Waals surface area contributed by atoms with Gasteiger partial charge in [-0.3, -0.25) is 4.57 Å². The van der Waals surface area contributed by atoms with Crippen LogP contribution in [0.2, 0.25) is 0 Å². The number of nitrogens with one attached hydrogen (secondary N) is 2. The van der Waals surface area contributed by atoms with E-state index in [2.05, 4.69) is 25.2 Å². The van der Waals surface area contributed by atoms with Crippen LogP contribution < -0.4 is 10.6 Å². The number of benzene rings is 1. The van der Waals surface area contributed by atoms with E-state index in [0.717, 1.165) is 46.2 Å². The summed E-state index contributed by atoms with van der Waals surface area (Å²) in [5.74, 6) is 3.38. The van der Waals surface area contributed by atoms with Crippen LogP contribution in [0.1, 0.15) is 43.8 Å². The van der Waals surface area contributed by atoms with Gasteiger partial charge in [-0.05, 0) is 48.3 Å². The quantitative estimate of drug-likeness (QED) is 0.391. The highest BCUT2D eigenvalue weighted by Crippen LogP contribution is 2.37. The molecule has 0 spiro atoms. The van der Waals surface area contributed by atoms with E-state index in [1.54, 1.807) is 17.6 Å². The van der Waals surface area contributed by atoms with Crippen LogP contribution in [0.4, 0.5) is 17.5 Å². The van der Waals surface area contributed by atoms with E-state index < -0.39 is 11.2 Å². The van der Waals surface area contributed by atoms with Crippen LogP contribution >= 0.6 is 11.3 Å². The Labute approximate surface area is 193 Å². The van der Waals surface area contributed by atoms with E-state index in [9.17, 15) is 4.55 Å². The summed E-state index contributed by atoms with van der Waals surface area (Å²) in [6.45, 7) is 0. The number of fused-ring (bicyclic) bond motifs is 1. The predicted octanol–water partition coefficient (Wildman–Crippen LogP) is 4.84. The first kappa shape index (κ1) is 21.2. The lowest BCUT2D eigenvalue weighted by molar-refractivity contribution is 0.426. The molecule has 5 rings (SSSR count). The lowest BCUT2D eigenvalue weighted by Crippen LogP contribution is -2.12. The maximum atomic E-state index is 11.7. The highest BCUT2D eigenvalue weighted by molar-refractivity contribution is 7.90. The molecule has 1 atom stereocenters. The number of aromatic nitrogens is 5. The van der Waals surface area contributed by atoms with E-state index in [0.29, 0.717) is 17.7 Å². The summed E-state index contributed by atoms with van der Waals surface area (Å²) in [5, 5.41) is 8.50. The molecule has 4 aromatic rings. The first-order valence-corrected chi connectivity index (χ1v) is 13.2. The van der Waals surface area contributed by atoms with E-state index in [-0.39, 0.29) is 0 Å². The first-order valence-electron chi connectivity index (χ1n) is 10.7. The Kier molecular flexibility index (Phi) is 5.99. The molecule has 1 aliphatic rings. The Balaban J connectivity index is 1.64. The van der Waals surface area contributed by atoms with Crippen LogP contribution in [-0.4, -0.2) is 42.4 Å². The van der Waals surface area contributed by atoms with Crippen LogP contribution in [0.15, 0.2) is 40.1 Å². The zero-order valence-electron chi connectivity index (χ0n) is 18.0. The largest absolute Gasteiger partial charge is 0.612 e. The maximum Gasteiger partial charge on any atom is 0.226 e. The third-order valence-corrected chi connectivity index (χ3v) is 7.33. The summed E-state index contributed by atoms with van der Waals surface area (Å²) in [6.07, 6.45) is 7.63. The van der Waals surface area contributed by atoms with Crippen LogP contribution in [0, 0.1) is 0 Å². The second-order valence-corrected chi connectivity index (χ2v) is 10.0. The zero-order valence-corrected chi connectivity index (χ0v) is 19.7. The molecular formula is C22H25N7OS2. The van der Waals surface area contributed by atoms with E-state index >= 15 is 0 Å². The van der Waals surface area contributed by atoms with Gasteiger partial charge >= 0.3 is 0 Å². The highest BCUT2D eigenvalue weighted by Gasteiger charge is 2.26. The van der Waals surface area contributed by atoms with Crippen LogP contribution in [0.25, 0.3) is 17.0 Å². The average Bonchev–Trinajstić information content (AvgIpc) is 3.47. The van der Waals surface area contributed by atoms with Crippen molar-refractivity contribution in [3.63, 3.8) is 0 Å². The molecule has 1 unspecified atom stereocenters. The fraction of sp³-hybridized carbons (Fsp3) is 0.364. The molecule has 0 radical (unpaired) electrons. The van der Waals surface area contributed by atoms with Gasteiger partial charge in [-0.1, -0.05) is 19.3 Å². The van der Waals surface area contributed by atoms with Crippen LogP contribution in [0.5, 0.6) is 0 Å². The minimum Gasteiger partial charge on any atom is -0.612 e. The van der Waals surface area contributed by atoms with Gasteiger partial charge in [-0.15, -0.1) is 11.3 Å². The van der Waals surface area contributed by atoms with Crippen molar-refractivity contribution in [2.75, 3.05) is 23.9 Å². The van der Waals surface area contributed by atoms with Crippen molar-refractivity contribution in [1.29, 1.82) is 0 Å². The normalized spacial score (nSPS) is 15.7. The molecular weight excluding hydrogens is 442 g/mol. The van der Waals surface area contributed by atoms with Crippen molar-refractivity contribution in [2.45, 2.75) is 42.9 Å². The number of hydrogen-bond acceptors (Lipinski definition) is 8. The summed E-state index contributed by atoms with van der Waals surface area (Å²) in [6, 6.07) is 7.53. The highest BCUT2D eigenvalue weighted by atomic mass is 32.2. The molecule has 1 saturated carbocycles. The molecule has 0 aliphatic heterocycles. The smallest absolute Gasteiger partial charge is 0.226 e. The fourth-order valence-electron chi connectivity index (χ4n) is 4.22. The molecule has 2 N–H and O–H groups in total. The Bertz CT molecular complexity index is 1200. The molecule has 0 amide bonds. The van der Waals surface area contributed by atoms with Gasteiger partial charge in [0.15, 0.2) is 27.7 Å². The van der Waals surface area contributed by atoms with Crippen molar-refractivity contribution < 1.29 is 4.55 Å². The molecule has 1 fully saturated rings. The molecule has 10 heteroatoms. The monoisotopic (exact) mass is 467 g/mol. The maximum absolute atomic E-state index is 11.7. The summed E-state index contributed by atoms with van der Waals surface area (Å²) in [5.41, 5.74) is 4.15. The van der Waals surface area contributed by atoms with Crippen LogP contribution in [0.3, 0.4) is 0 Å². The molecule has 32 heavy (non-hydrogen) atoms. The van der Waals surface area contributed by atoms with Gasteiger partial charge in [0.05, 0.1) is 5.51 Å². The van der Waals surface area contributed by atoms with Gasteiger partial charge < -0.3 is 15.2 Å². The predicted molar refractivity (Wildman–Crippen MR) is 130 cm³/mol. The number of thiazole rings is 1. The van der Waals surface area contributed by atoms with Gasteiger partial charge in [-0.2, -0.15) is 9.97 Å². The Hall–Kier alpha value is -2.69. The molecule has 1 aliphatic carbocycles. The summed E-state index contributed by atoms with van der Waals surface area (Å²) in [7, 11) is 1.81. The van der Waals surface area contributed by atoms with E-state index in [1.807, 2.05) is 42.2 Å². The summed E-state index contributed by atoms with van der Waals surface area (Å²) < 4.78 is 13.8. The topological polar surface area (TPSA) is 104 Å². The second kappa shape index (κ2) is 9.05. The van der Waals surface area contributed by atoms with Crippen molar-refractivity contribution in [3.8, 4) is 5.82 Å². The van der Waals surface area contributed by atoms with Gasteiger partial charge in [0.1, 0.15) is 12.1 Å². The van der Waals surface area contributed by atoms with Gasteiger partial charge in [0.2, 0.25) is 5.95 Å². The third-order valence-electron chi connectivity index (χ3n) is 5.82. The molecule has 166 valence electrons. The summed E-state index contributed by atoms with van der Waals surface area (Å²) >= 11 is 0.547. The Morgan fingerprint density at radius 2 is 1.88 bits per heavy atom. The van der Waals surface area contributed by atoms with E-state index in [4.69, 9.17) is 9.97 Å². The second-order valence-electron chi connectivity index (χ2n) is 7.91. The van der Waals surface area contributed by atoms with E-state index in [1.165, 1.54) is 19.3 Å². The average molecular weight is 468 g/mol. The molecule has 0 saturated heterocycles. The van der Waals surface area contributed by atoms with Gasteiger partial charge in [0.25, 0.3) is 0 Å². The number of rotatable bonds is 6. The third kappa shape index (κ3) is 4.05. The number of anilines is 3. The SMILES string of the molecule is CNc1nc(Nc2ccc([S+](C)[O-])cc2)c2nc(C3CCCCC3)n(-c3cscn3)c2n1. The molecule has 3 aromatic heterocycles. The first-order chi connectivity index (χ1) is 15.6. The standard InChI is InChI=1S/C22H25N7OS2/c1-23-22-27-19(25-15-8-10-16(11-9-15)32(2)30)18-21(28-22)29(17-12-31-13-24-17)20(26-18)14-6-4-3-5-7-14/h8-14H,3-7H2,1-2H3,(H2,23,25,27,28). The Morgan fingerprint density at radius 3 is 2.53 bits per heavy atom. The van der Waals surface area contributed by atoms with Gasteiger partial charge in [-0.25, -0.2) is 9.97 Å². The number of nitrogens with zero attached hydrogens (tertiary/aromatic N) is 5. The van der Waals surface area contributed by atoms with Gasteiger partial charge in [0, 0.05) is 24.0 Å².